The van der Waals surface area contributed by atoms with Crippen LogP contribution >= 0.6 is 0 Å². The third-order valence-electron chi connectivity index (χ3n) is 6.25. The normalized spacial score (nSPS) is 42.0. The van der Waals surface area contributed by atoms with Crippen LogP contribution in [0.25, 0.3) is 0 Å². The third kappa shape index (κ3) is 6.38. The van der Waals surface area contributed by atoms with Gasteiger partial charge < -0.3 is 54.9 Å². The zero-order valence-corrected chi connectivity index (χ0v) is 18.1. The minimum Gasteiger partial charge on any atom is -0.481 e. The molecule has 0 aromatic carbocycles. The highest BCUT2D eigenvalue weighted by atomic mass is 16.7. The molecule has 6 fully saturated rings. The molecule has 6 heterocycles. The lowest BCUT2D eigenvalue weighted by Gasteiger charge is -2.47. The van der Waals surface area contributed by atoms with Gasteiger partial charge in [0.25, 0.3) is 0 Å². The number of amides is 1. The van der Waals surface area contributed by atoms with E-state index in [1.807, 2.05) is 0 Å². The average Bonchev–Trinajstić information content (AvgIpc) is 2.79. The minimum absolute atomic E-state index is 0.0683. The van der Waals surface area contributed by atoms with E-state index in [9.17, 15) is 35.1 Å². The zero-order chi connectivity index (χ0) is 24.1. The van der Waals surface area contributed by atoms with Gasteiger partial charge in [-0.15, -0.1) is 0 Å². The molecule has 190 valence electrons. The molecule has 33 heavy (non-hydrogen) atoms. The summed E-state index contributed by atoms with van der Waals surface area (Å²) in [5.74, 6) is -2.19. The highest BCUT2D eigenvalue weighted by Crippen LogP contribution is 2.34. The molecule has 0 saturated carbocycles. The van der Waals surface area contributed by atoms with Crippen LogP contribution in [-0.2, 0) is 28.5 Å². The number of carbonyl (C=O) groups is 2. The maximum absolute atomic E-state index is 12.0. The fourth-order valence-corrected chi connectivity index (χ4v) is 4.37. The number of carboxylic acids is 1. The lowest BCUT2D eigenvalue weighted by Crippen LogP contribution is -2.64. The van der Waals surface area contributed by atoms with Gasteiger partial charge in [0.15, 0.2) is 12.6 Å². The Morgan fingerprint density at radius 2 is 1.55 bits per heavy atom. The Kier molecular flexibility index (Phi) is 9.38. The summed E-state index contributed by atoms with van der Waals surface area (Å²) >= 11 is 0. The van der Waals surface area contributed by atoms with Crippen LogP contribution in [0, 0.1) is 5.92 Å². The van der Waals surface area contributed by atoms with Crippen LogP contribution in [0.15, 0.2) is 0 Å². The topological polar surface area (TPSA) is 204 Å². The first-order valence-electron chi connectivity index (χ1n) is 11.1. The largest absolute Gasteiger partial charge is 0.481 e. The summed E-state index contributed by atoms with van der Waals surface area (Å²) in [6, 6.07) is 0. The Morgan fingerprint density at radius 1 is 0.848 bits per heavy atom. The standard InChI is InChI=1S/C20H33NO12/c22-8-11-18-15(27)17(29)19(32-11)30-6-2-1-3-9-10(7-21-12(23)4-5-13(24)25)31-20(33-18)16(28)14(9)26/h9-11,14-20,22,26-29H,1-8H2,(H,21,23)(H,24,25)/t9-,10?,11?,14?,15?,16?,17?,18-,19+,20-/m1/s1. The molecule has 6 saturated heterocycles. The monoisotopic (exact) mass is 479 g/mol. The van der Waals surface area contributed by atoms with Gasteiger partial charge in [-0.1, -0.05) is 6.42 Å². The fraction of sp³-hybridized carbons (Fsp3) is 0.900. The van der Waals surface area contributed by atoms with Crippen molar-refractivity contribution < 1.29 is 59.2 Å². The number of aliphatic hydroxyl groups is 5. The summed E-state index contributed by atoms with van der Waals surface area (Å²) in [6.45, 7) is -0.476. The molecule has 0 radical (unpaired) electrons. The molecule has 1 amide bonds. The van der Waals surface area contributed by atoms with Crippen LogP contribution in [0.3, 0.4) is 0 Å². The van der Waals surface area contributed by atoms with E-state index in [0.29, 0.717) is 19.3 Å². The van der Waals surface area contributed by atoms with E-state index in [-0.39, 0.29) is 26.0 Å². The second-order valence-corrected chi connectivity index (χ2v) is 8.56. The smallest absolute Gasteiger partial charge is 0.303 e. The van der Waals surface area contributed by atoms with E-state index in [4.69, 9.17) is 24.1 Å². The predicted octanol–water partition coefficient (Wildman–Crippen LogP) is -2.94. The molecule has 10 atom stereocenters. The van der Waals surface area contributed by atoms with Crippen molar-refractivity contribution in [3.63, 3.8) is 0 Å². The summed E-state index contributed by atoms with van der Waals surface area (Å²) < 4.78 is 22.6. The Labute approximate surface area is 190 Å². The predicted molar refractivity (Wildman–Crippen MR) is 106 cm³/mol. The highest BCUT2D eigenvalue weighted by Gasteiger charge is 2.51. The number of carboxylic acid groups (broad SMARTS) is 1. The van der Waals surface area contributed by atoms with E-state index in [1.54, 1.807) is 0 Å². The van der Waals surface area contributed by atoms with E-state index in [1.165, 1.54) is 0 Å². The van der Waals surface area contributed by atoms with Crippen molar-refractivity contribution in [3.8, 4) is 0 Å². The Balaban J connectivity index is 1.77. The lowest BCUT2D eigenvalue weighted by atomic mass is 9.84. The van der Waals surface area contributed by atoms with Gasteiger partial charge in [0.05, 0.1) is 25.2 Å². The maximum Gasteiger partial charge on any atom is 0.303 e. The van der Waals surface area contributed by atoms with Crippen molar-refractivity contribution in [1.29, 1.82) is 0 Å². The second-order valence-electron chi connectivity index (χ2n) is 8.56. The summed E-state index contributed by atoms with van der Waals surface area (Å²) in [5.41, 5.74) is 0. The number of hydrogen-bond donors (Lipinski definition) is 7. The highest BCUT2D eigenvalue weighted by molar-refractivity contribution is 5.80. The van der Waals surface area contributed by atoms with Gasteiger partial charge in [0.2, 0.25) is 5.91 Å². The van der Waals surface area contributed by atoms with Crippen molar-refractivity contribution in [2.75, 3.05) is 19.8 Å². The molecule has 6 aliphatic heterocycles. The molecule has 0 spiro atoms. The molecule has 0 aliphatic carbocycles. The third-order valence-corrected chi connectivity index (χ3v) is 6.25. The number of hydrogen-bond acceptors (Lipinski definition) is 11. The van der Waals surface area contributed by atoms with E-state index in [2.05, 4.69) is 5.32 Å². The molecule has 13 nitrogen and oxygen atoms in total. The van der Waals surface area contributed by atoms with Gasteiger partial charge in [-0.3, -0.25) is 9.59 Å². The van der Waals surface area contributed by atoms with E-state index < -0.39 is 79.7 Å². The molecule has 6 aliphatic rings. The molecule has 0 aromatic heterocycles. The Morgan fingerprint density at radius 3 is 2.24 bits per heavy atom. The van der Waals surface area contributed by atoms with Crippen LogP contribution in [0.5, 0.6) is 0 Å². The van der Waals surface area contributed by atoms with Gasteiger partial charge in [-0.2, -0.15) is 0 Å². The first-order valence-corrected chi connectivity index (χ1v) is 11.1. The number of aliphatic hydroxyl groups excluding tert-OH is 5. The molecular weight excluding hydrogens is 446 g/mol. The van der Waals surface area contributed by atoms with Gasteiger partial charge >= 0.3 is 5.97 Å². The maximum atomic E-state index is 12.0. The number of rotatable bonds is 6. The Hall–Kier alpha value is -1.42. The minimum atomic E-state index is -1.54. The second kappa shape index (κ2) is 11.8. The molecule has 13 heteroatoms. The summed E-state index contributed by atoms with van der Waals surface area (Å²) in [7, 11) is 0. The number of nitrogens with one attached hydrogen (secondary N) is 1. The first-order chi connectivity index (χ1) is 15.7. The van der Waals surface area contributed by atoms with Gasteiger partial charge in [0, 0.05) is 25.5 Å². The molecule has 0 aromatic rings. The summed E-state index contributed by atoms with van der Waals surface area (Å²) in [6.07, 6.45) is -10.7. The average molecular weight is 479 g/mol. The van der Waals surface area contributed by atoms with Crippen LogP contribution in [0.4, 0.5) is 0 Å². The molecule has 6 unspecified atom stereocenters. The summed E-state index contributed by atoms with van der Waals surface area (Å²) in [5, 5.41) is 63.3. The van der Waals surface area contributed by atoms with Crippen molar-refractivity contribution >= 4 is 11.9 Å². The van der Waals surface area contributed by atoms with E-state index >= 15 is 0 Å². The van der Waals surface area contributed by atoms with Crippen molar-refractivity contribution in [2.45, 2.75) is 87.4 Å². The Bertz CT molecular complexity index is 663. The van der Waals surface area contributed by atoms with E-state index in [0.717, 1.165) is 0 Å². The van der Waals surface area contributed by atoms with Crippen LogP contribution in [0.1, 0.15) is 32.1 Å². The van der Waals surface area contributed by atoms with Gasteiger partial charge in [-0.25, -0.2) is 0 Å². The van der Waals surface area contributed by atoms with Crippen LogP contribution < -0.4 is 5.32 Å². The van der Waals surface area contributed by atoms with Crippen LogP contribution in [0.2, 0.25) is 0 Å². The van der Waals surface area contributed by atoms with Crippen molar-refractivity contribution in [3.05, 3.63) is 0 Å². The SMILES string of the molecule is O=C(O)CCC(=O)NCC1O[C@@H]2O[C@@H]3C(CO)O[C@H](OCCCC[C@H]1C(O)C2O)C(O)C3O. The fourth-order valence-electron chi connectivity index (χ4n) is 4.37. The quantitative estimate of drug-likeness (QED) is 0.204. The molecule has 7 N–H and O–H groups in total. The lowest BCUT2D eigenvalue weighted by molar-refractivity contribution is -0.355. The van der Waals surface area contributed by atoms with Crippen LogP contribution in [-0.4, -0.2) is 118 Å². The number of carbonyl (C=O) groups excluding carboxylic acids is 1. The molecule has 6 rings (SSSR count). The summed E-state index contributed by atoms with van der Waals surface area (Å²) in [4.78, 5) is 22.6. The van der Waals surface area contributed by atoms with Crippen molar-refractivity contribution in [2.24, 2.45) is 5.92 Å². The molecular formula is C20H33NO12. The zero-order valence-electron chi connectivity index (χ0n) is 18.1. The first kappa shape index (κ1) is 26.2. The van der Waals surface area contributed by atoms with Gasteiger partial charge in [0.1, 0.15) is 30.5 Å². The number of aliphatic carboxylic acids is 1. The van der Waals surface area contributed by atoms with Crippen molar-refractivity contribution in [1.82, 2.24) is 5.32 Å². The van der Waals surface area contributed by atoms with Gasteiger partial charge in [-0.05, 0) is 12.8 Å². The molecule has 4 bridgehead atoms. The number of ether oxygens (including phenoxy) is 4.